The van der Waals surface area contributed by atoms with E-state index in [1.165, 1.54) is 15.5 Å². The summed E-state index contributed by atoms with van der Waals surface area (Å²) in [5.41, 5.74) is 0. The number of benzene rings is 1. The molecule has 50 valence electrons. The maximum Gasteiger partial charge on any atom is -0.00121 e. The highest BCUT2D eigenvalue weighted by molar-refractivity contribution is 7.55. The molecule has 0 nitrogen and oxygen atoms in total. The van der Waals surface area contributed by atoms with Gasteiger partial charge in [-0.15, -0.1) is 17.4 Å². The van der Waals surface area contributed by atoms with Crippen LogP contribution in [0.25, 0.3) is 10.5 Å². The normalized spacial score (nSPS) is 11.3. The van der Waals surface area contributed by atoms with Crippen LogP contribution in [0.5, 0.6) is 0 Å². The highest BCUT2D eigenvalue weighted by Gasteiger charge is 1.92. The third-order valence-corrected chi connectivity index (χ3v) is 3.31. The lowest BCUT2D eigenvalue weighted by Crippen LogP contribution is -1.68. The molecule has 0 saturated heterocycles. The van der Waals surface area contributed by atoms with Crippen molar-refractivity contribution in [2.45, 2.75) is 0 Å². The highest BCUT2D eigenvalue weighted by Crippen LogP contribution is 2.23. The summed E-state index contributed by atoms with van der Waals surface area (Å²) in [6.07, 6.45) is 0. The van der Waals surface area contributed by atoms with Gasteiger partial charge in [0.15, 0.2) is 0 Å². The van der Waals surface area contributed by atoms with E-state index in [4.69, 9.17) is 0 Å². The van der Waals surface area contributed by atoms with E-state index in [1.807, 2.05) is 0 Å². The Kier molecular flexibility index (Phi) is 1.52. The highest BCUT2D eigenvalue weighted by atomic mass is 31.1. The molecule has 0 amide bonds. The first-order valence-electron chi connectivity index (χ1n) is 3.19. The molecule has 10 heavy (non-hydrogen) atoms. The van der Waals surface area contributed by atoms with Crippen molar-refractivity contribution in [3.63, 3.8) is 0 Å². The third-order valence-electron chi connectivity index (χ3n) is 1.55. The van der Waals surface area contributed by atoms with E-state index >= 15 is 0 Å². The average molecular weight is 166 g/mol. The predicted molar refractivity (Wildman–Crippen MR) is 52.8 cm³/mol. The molecule has 0 N–H and O–H groups in total. The zero-order valence-corrected chi connectivity index (χ0v) is 7.62. The van der Waals surface area contributed by atoms with Gasteiger partial charge in [-0.3, -0.25) is 0 Å². The molecule has 1 aromatic carbocycles. The zero-order chi connectivity index (χ0) is 6.97. The number of fused-ring (bicyclic) bond motifs is 1. The molecule has 2 heteroatoms. The van der Waals surface area contributed by atoms with Crippen LogP contribution in [0.2, 0.25) is 0 Å². The number of rotatable bonds is 0. The summed E-state index contributed by atoms with van der Waals surface area (Å²) < 4.78 is 0. The van der Waals surface area contributed by atoms with Crippen LogP contribution in [-0.4, -0.2) is 0 Å². The Morgan fingerprint density at radius 3 is 2.80 bits per heavy atom. The van der Waals surface area contributed by atoms with Gasteiger partial charge in [-0.05, 0) is 21.6 Å². The molecule has 0 radical (unpaired) electrons. The lowest BCUT2D eigenvalue weighted by Gasteiger charge is -1.83. The second-order valence-electron chi connectivity index (χ2n) is 2.31. The van der Waals surface area contributed by atoms with Crippen LogP contribution in [0.1, 0.15) is 0 Å². The van der Waals surface area contributed by atoms with Gasteiger partial charge in [0.1, 0.15) is 0 Å². The van der Waals surface area contributed by atoms with Gasteiger partial charge >= 0.3 is 0 Å². The summed E-state index contributed by atoms with van der Waals surface area (Å²) in [6.45, 7) is 0. The van der Waals surface area contributed by atoms with Crippen molar-refractivity contribution >= 4 is 33.0 Å². The molecule has 0 aliphatic rings. The van der Waals surface area contributed by atoms with Crippen molar-refractivity contribution in [3.8, 4) is 0 Å². The van der Waals surface area contributed by atoms with Crippen molar-refractivity contribution in [2.75, 3.05) is 0 Å². The standard InChI is InChI=1S/C8H8P2/c9-8-5-6-3-1-2-4-7(6)10-8/h1-5,10H,9H2. The smallest absolute Gasteiger partial charge is 0.00121 e. The van der Waals surface area contributed by atoms with Gasteiger partial charge in [0.05, 0.1) is 0 Å². The number of hydrogen-bond donors (Lipinski definition) is 0. The molecule has 1 heterocycles. The van der Waals surface area contributed by atoms with Crippen LogP contribution in [0.4, 0.5) is 0 Å². The van der Waals surface area contributed by atoms with Crippen LogP contribution in [0.3, 0.4) is 0 Å². The summed E-state index contributed by atoms with van der Waals surface area (Å²) in [6, 6.07) is 10.8. The maximum absolute atomic E-state index is 2.77. The molecule has 0 fully saturated rings. The van der Waals surface area contributed by atoms with E-state index in [0.717, 1.165) is 8.19 Å². The lowest BCUT2D eigenvalue weighted by atomic mass is 10.3. The minimum Gasteiger partial charge on any atom is -0.124 e. The van der Waals surface area contributed by atoms with Crippen molar-refractivity contribution in [1.82, 2.24) is 0 Å². The van der Waals surface area contributed by atoms with Crippen molar-refractivity contribution in [3.05, 3.63) is 30.3 Å². The summed E-state index contributed by atoms with van der Waals surface area (Å²) in [5, 5.41) is 4.29. The molecule has 0 saturated carbocycles. The van der Waals surface area contributed by atoms with Crippen LogP contribution >= 0.6 is 17.4 Å². The first kappa shape index (κ1) is 6.40. The van der Waals surface area contributed by atoms with Gasteiger partial charge in [0.25, 0.3) is 0 Å². The topological polar surface area (TPSA) is 0 Å². The second-order valence-corrected chi connectivity index (χ2v) is 4.88. The average Bonchev–Trinajstić information content (AvgIpc) is 2.27. The van der Waals surface area contributed by atoms with Crippen LogP contribution in [-0.2, 0) is 0 Å². The van der Waals surface area contributed by atoms with Gasteiger partial charge in [-0.2, -0.15) is 0 Å². The summed E-state index contributed by atoms with van der Waals surface area (Å²) >= 11 is 0. The Bertz CT molecular complexity index is 316. The first-order chi connectivity index (χ1) is 4.86. The number of hydrogen-bond acceptors (Lipinski definition) is 0. The van der Waals surface area contributed by atoms with Crippen molar-refractivity contribution in [2.24, 2.45) is 0 Å². The maximum atomic E-state index is 2.77. The minimum atomic E-state index is 0.878. The van der Waals surface area contributed by atoms with Crippen LogP contribution in [0, 0.1) is 0 Å². The van der Waals surface area contributed by atoms with E-state index in [9.17, 15) is 0 Å². The van der Waals surface area contributed by atoms with Gasteiger partial charge in [-0.25, -0.2) is 0 Å². The van der Waals surface area contributed by atoms with Crippen LogP contribution < -0.4 is 5.04 Å². The molecular formula is C8H8P2. The lowest BCUT2D eigenvalue weighted by molar-refractivity contribution is 1.86. The molecule has 2 atom stereocenters. The van der Waals surface area contributed by atoms with E-state index in [0.29, 0.717) is 0 Å². The molecule has 2 aromatic rings. The molecule has 2 unspecified atom stereocenters. The van der Waals surface area contributed by atoms with Gasteiger partial charge in [0.2, 0.25) is 0 Å². The Hall–Kier alpha value is -0.310. The molecule has 2 rings (SSSR count). The zero-order valence-electron chi connectivity index (χ0n) is 5.46. The minimum absolute atomic E-state index is 0.878. The third kappa shape index (κ3) is 0.985. The van der Waals surface area contributed by atoms with E-state index < -0.39 is 0 Å². The Labute approximate surface area is 63.9 Å². The summed E-state index contributed by atoms with van der Waals surface area (Å²) in [7, 11) is 3.65. The quantitative estimate of drug-likeness (QED) is 0.527. The summed E-state index contributed by atoms with van der Waals surface area (Å²) in [5.74, 6) is 0. The molecule has 0 aliphatic heterocycles. The Morgan fingerprint density at radius 2 is 2.00 bits per heavy atom. The first-order valence-corrected chi connectivity index (χ1v) is 4.77. The van der Waals surface area contributed by atoms with Crippen molar-refractivity contribution < 1.29 is 0 Å². The second kappa shape index (κ2) is 2.38. The van der Waals surface area contributed by atoms with Crippen LogP contribution in [0.15, 0.2) is 30.3 Å². The fourth-order valence-corrected chi connectivity index (χ4v) is 2.76. The summed E-state index contributed by atoms with van der Waals surface area (Å²) in [4.78, 5) is 0. The fourth-order valence-electron chi connectivity index (χ4n) is 1.10. The van der Waals surface area contributed by atoms with E-state index in [-0.39, 0.29) is 0 Å². The molecule has 0 bridgehead atoms. The van der Waals surface area contributed by atoms with Gasteiger partial charge in [0, 0.05) is 0 Å². The Balaban J connectivity index is 2.88. The van der Waals surface area contributed by atoms with Crippen molar-refractivity contribution in [1.29, 1.82) is 0 Å². The molecule has 0 aliphatic carbocycles. The van der Waals surface area contributed by atoms with E-state index in [1.54, 1.807) is 0 Å². The largest absolute Gasteiger partial charge is 0.124 e. The monoisotopic (exact) mass is 166 g/mol. The molecule has 0 spiro atoms. The Morgan fingerprint density at radius 1 is 1.20 bits per heavy atom. The van der Waals surface area contributed by atoms with E-state index in [2.05, 4.69) is 39.6 Å². The SMILES string of the molecule is Pc1cc2ccccc2[pH]1. The molecule has 1 aromatic heterocycles. The van der Waals surface area contributed by atoms with Gasteiger partial charge < -0.3 is 0 Å². The molecular weight excluding hydrogens is 158 g/mol. The predicted octanol–water partition coefficient (Wildman–Crippen LogP) is 2.37. The van der Waals surface area contributed by atoms with Gasteiger partial charge in [-0.1, -0.05) is 24.3 Å². The fraction of sp³-hybridized carbons (Fsp3) is 0.